The molecule has 60 heavy (non-hydrogen) atoms. The van der Waals surface area contributed by atoms with Gasteiger partial charge in [0.25, 0.3) is 0 Å². The van der Waals surface area contributed by atoms with Crippen LogP contribution in [0.5, 0.6) is 0 Å². The Morgan fingerprint density at radius 3 is 1.65 bits per heavy atom. The average Bonchev–Trinajstić information content (AvgIpc) is 4.08. The van der Waals surface area contributed by atoms with Gasteiger partial charge in [-0.2, -0.15) is 0 Å². The Morgan fingerprint density at radius 2 is 1.20 bits per heavy atom. The first-order chi connectivity index (χ1) is 28.9. The summed E-state index contributed by atoms with van der Waals surface area (Å²) in [6, 6.07) is 23.5. The van der Waals surface area contributed by atoms with E-state index >= 15 is 0 Å². The van der Waals surface area contributed by atoms with Crippen molar-refractivity contribution in [1.29, 1.82) is 0 Å². The fourth-order valence-electron chi connectivity index (χ4n) is 8.98. The van der Waals surface area contributed by atoms with Gasteiger partial charge in [0, 0.05) is 20.2 Å². The standard InChI is InChI=1S/C46H54N8O6/c1-25(2)39(51-45(57)59-5)43(55)53-21-9-15-37(53)41-47-33-19-17-27(23-35(33)49-41)29-11-7-14-32-30(12-8-13-31(29)32)28-18-20-34-36(24-28)50-42(48-34)38-16-10-22-54(38)44(56)40(26(3)4)52-46(58)60-6/h7-8,11-14,17-20,23-26,37-40,45,51,57H,9-10,15-16,21-22H2,1-6H3,(H,47,49)(H,48,50)(H,52,58). The van der Waals surface area contributed by atoms with Gasteiger partial charge in [0.05, 0.1) is 47.3 Å². The molecule has 0 aliphatic carbocycles. The highest BCUT2D eigenvalue weighted by molar-refractivity contribution is 6.05. The van der Waals surface area contributed by atoms with Crippen molar-refractivity contribution in [3.63, 3.8) is 0 Å². The molecule has 2 saturated heterocycles. The zero-order chi connectivity index (χ0) is 42.2. The number of likely N-dealkylation sites (tertiary alicyclic amines) is 2. The summed E-state index contributed by atoms with van der Waals surface area (Å²) in [5, 5.41) is 18.0. The summed E-state index contributed by atoms with van der Waals surface area (Å²) in [5.41, 5.74) is 7.69. The van der Waals surface area contributed by atoms with Crippen LogP contribution in [-0.4, -0.2) is 98.6 Å². The van der Waals surface area contributed by atoms with Crippen molar-refractivity contribution in [3.05, 3.63) is 84.4 Å². The molecule has 0 saturated carbocycles. The van der Waals surface area contributed by atoms with Crippen LogP contribution in [0.25, 0.3) is 55.1 Å². The van der Waals surface area contributed by atoms with E-state index in [9.17, 15) is 19.5 Å². The van der Waals surface area contributed by atoms with Gasteiger partial charge in [-0.15, -0.1) is 0 Å². The molecule has 14 nitrogen and oxygen atoms in total. The Labute approximate surface area is 349 Å². The Bertz CT molecular complexity index is 2550. The smallest absolute Gasteiger partial charge is 0.407 e. The van der Waals surface area contributed by atoms with Gasteiger partial charge in [-0.3, -0.25) is 14.9 Å². The fraction of sp³-hybridized carbons (Fsp3) is 0.413. The Kier molecular flexibility index (Phi) is 11.6. The number of hydrogen-bond donors (Lipinski definition) is 5. The van der Waals surface area contributed by atoms with Crippen molar-refractivity contribution < 1.29 is 29.0 Å². The van der Waals surface area contributed by atoms with Crippen LogP contribution in [0, 0.1) is 11.8 Å². The van der Waals surface area contributed by atoms with Gasteiger partial charge in [-0.25, -0.2) is 14.8 Å². The minimum absolute atomic E-state index is 0.0568. The number of nitrogens with zero attached hydrogens (tertiary/aromatic N) is 4. The van der Waals surface area contributed by atoms with Crippen molar-refractivity contribution in [2.45, 2.75) is 84.0 Å². The summed E-state index contributed by atoms with van der Waals surface area (Å²) in [7, 11) is 2.69. The molecule has 2 fully saturated rings. The van der Waals surface area contributed by atoms with Crippen LogP contribution >= 0.6 is 0 Å². The van der Waals surface area contributed by atoms with Gasteiger partial charge < -0.3 is 39.7 Å². The Hall–Kier alpha value is -5.83. The molecule has 2 aliphatic heterocycles. The molecule has 5 atom stereocenters. The molecular formula is C46H54N8O6. The molecule has 5 N–H and O–H groups in total. The molecule has 4 aromatic carbocycles. The predicted molar refractivity (Wildman–Crippen MR) is 230 cm³/mol. The number of benzene rings is 4. The maximum atomic E-state index is 13.8. The van der Waals surface area contributed by atoms with Gasteiger partial charge >= 0.3 is 6.09 Å². The van der Waals surface area contributed by atoms with Gasteiger partial charge in [-0.1, -0.05) is 76.2 Å². The topological polar surface area (TPSA) is 178 Å². The zero-order valence-electron chi connectivity index (χ0n) is 35.0. The summed E-state index contributed by atoms with van der Waals surface area (Å²) < 4.78 is 9.79. The molecule has 14 heteroatoms. The largest absolute Gasteiger partial charge is 0.453 e. The Balaban J connectivity index is 1.06. The maximum Gasteiger partial charge on any atom is 0.407 e. The van der Waals surface area contributed by atoms with Crippen LogP contribution in [-0.2, 0) is 19.1 Å². The molecule has 0 radical (unpaired) electrons. The number of methoxy groups -OCH3 is 2. The van der Waals surface area contributed by atoms with E-state index in [-0.39, 0.29) is 35.7 Å². The quantitative estimate of drug-likeness (QED) is 0.0802. The summed E-state index contributed by atoms with van der Waals surface area (Å²) in [5.74, 6) is 1.09. The first-order valence-electron chi connectivity index (χ1n) is 20.9. The second-order valence-corrected chi connectivity index (χ2v) is 16.6. The lowest BCUT2D eigenvalue weighted by atomic mass is 9.93. The average molecular weight is 815 g/mol. The zero-order valence-corrected chi connectivity index (χ0v) is 35.0. The van der Waals surface area contributed by atoms with E-state index in [0.717, 1.165) is 92.4 Å². The van der Waals surface area contributed by atoms with E-state index in [0.29, 0.717) is 13.1 Å². The molecular weight excluding hydrogens is 761 g/mol. The monoisotopic (exact) mass is 814 g/mol. The van der Waals surface area contributed by atoms with Crippen molar-refractivity contribution in [3.8, 4) is 22.3 Å². The number of alkyl carbamates (subject to hydrolysis) is 1. The van der Waals surface area contributed by atoms with Crippen LogP contribution in [0.4, 0.5) is 4.79 Å². The number of imidazole rings is 2. The number of carbonyl (C=O) groups excluding carboxylic acids is 3. The van der Waals surface area contributed by atoms with Gasteiger partial charge in [0.1, 0.15) is 17.7 Å². The number of nitrogens with one attached hydrogen (secondary N) is 4. The second-order valence-electron chi connectivity index (χ2n) is 16.6. The molecule has 314 valence electrons. The van der Waals surface area contributed by atoms with Crippen LogP contribution < -0.4 is 10.6 Å². The lowest BCUT2D eigenvalue weighted by Gasteiger charge is -2.31. The molecule has 8 rings (SSSR count). The summed E-state index contributed by atoms with van der Waals surface area (Å²) in [4.78, 5) is 60.3. The van der Waals surface area contributed by atoms with Crippen LogP contribution in [0.2, 0.25) is 0 Å². The lowest BCUT2D eigenvalue weighted by molar-refractivity contribution is -0.145. The number of fused-ring (bicyclic) bond motifs is 3. The second kappa shape index (κ2) is 17.0. The molecule has 6 aromatic rings. The number of aromatic nitrogens is 4. The minimum Gasteiger partial charge on any atom is -0.453 e. The highest BCUT2D eigenvalue weighted by Crippen LogP contribution is 2.39. The number of amides is 3. The van der Waals surface area contributed by atoms with Crippen LogP contribution in [0.1, 0.15) is 77.1 Å². The predicted octanol–water partition coefficient (Wildman–Crippen LogP) is 7.17. The number of carbonyl (C=O) groups is 3. The first-order valence-corrected chi connectivity index (χ1v) is 20.9. The minimum atomic E-state index is -1.23. The van der Waals surface area contributed by atoms with Crippen molar-refractivity contribution in [1.82, 2.24) is 40.4 Å². The normalized spacial score (nSPS) is 18.6. The number of aliphatic hydroxyl groups excluding tert-OH is 1. The summed E-state index contributed by atoms with van der Waals surface area (Å²) in [6.07, 6.45) is 1.41. The summed E-state index contributed by atoms with van der Waals surface area (Å²) in [6.45, 7) is 8.92. The van der Waals surface area contributed by atoms with E-state index < -0.39 is 24.6 Å². The van der Waals surface area contributed by atoms with Gasteiger partial charge in [0.2, 0.25) is 18.2 Å². The van der Waals surface area contributed by atoms with Crippen molar-refractivity contribution >= 4 is 50.7 Å². The number of hydrogen-bond acceptors (Lipinski definition) is 9. The third-order valence-corrected chi connectivity index (χ3v) is 12.1. The molecule has 2 aliphatic rings. The van der Waals surface area contributed by atoms with E-state index in [4.69, 9.17) is 19.4 Å². The molecule has 2 aromatic heterocycles. The fourth-order valence-corrected chi connectivity index (χ4v) is 8.98. The highest BCUT2D eigenvalue weighted by atomic mass is 16.6. The van der Waals surface area contributed by atoms with E-state index in [1.54, 1.807) is 0 Å². The van der Waals surface area contributed by atoms with Crippen molar-refractivity contribution in [2.75, 3.05) is 27.3 Å². The number of aromatic amines is 2. The number of H-pyrrole nitrogens is 2. The third-order valence-electron chi connectivity index (χ3n) is 12.1. The highest BCUT2D eigenvalue weighted by Gasteiger charge is 2.39. The van der Waals surface area contributed by atoms with Crippen LogP contribution in [0.3, 0.4) is 0 Å². The molecule has 3 amide bonds. The maximum absolute atomic E-state index is 13.8. The molecule has 4 heterocycles. The molecule has 5 unspecified atom stereocenters. The van der Waals surface area contributed by atoms with E-state index in [1.807, 2.05) is 49.6 Å². The van der Waals surface area contributed by atoms with E-state index in [1.165, 1.54) is 14.2 Å². The van der Waals surface area contributed by atoms with Crippen molar-refractivity contribution in [2.24, 2.45) is 11.8 Å². The Morgan fingerprint density at radius 1 is 0.717 bits per heavy atom. The third kappa shape index (κ3) is 7.82. The number of ether oxygens (including phenoxy) is 2. The SMILES string of the molecule is COC(=O)NC(C(=O)N1CCCC1c1nc2ccc(-c3cccc4c(-c5ccc6nc(C7CCCN7C(=O)C(NC(O)OC)C(C)C)[nH]c6c5)cccc34)cc2[nH]1)C(C)C. The summed E-state index contributed by atoms with van der Waals surface area (Å²) >= 11 is 0. The lowest BCUT2D eigenvalue weighted by Crippen LogP contribution is -2.52. The van der Waals surface area contributed by atoms with Gasteiger partial charge in [0.15, 0.2) is 0 Å². The number of aliphatic hydroxyl groups is 1. The molecule has 0 spiro atoms. The van der Waals surface area contributed by atoms with Crippen LogP contribution in [0.15, 0.2) is 72.8 Å². The first kappa shape index (κ1) is 40.9. The van der Waals surface area contributed by atoms with Gasteiger partial charge in [-0.05, 0) is 94.8 Å². The van der Waals surface area contributed by atoms with E-state index in [2.05, 4.69) is 81.3 Å². The number of rotatable bonds is 12. The molecule has 0 bridgehead atoms.